The van der Waals surface area contributed by atoms with Crippen molar-refractivity contribution in [1.29, 1.82) is 0 Å². The predicted octanol–water partition coefficient (Wildman–Crippen LogP) is 2.95. The minimum atomic E-state index is -0.160. The highest BCUT2D eigenvalue weighted by Crippen LogP contribution is 2.28. The SMILES string of the molecule is Cc1cccc(C(C)C)c1Nc1nccc(=O)[nH]1. The standard InChI is InChI=1S/C14H17N3O/c1-9(2)11-6-4-5-10(3)13(11)17-14-15-8-7-12(18)16-14/h4-9H,1-3H3,(H2,15,16,17,18). The summed E-state index contributed by atoms with van der Waals surface area (Å²) in [5.74, 6) is 0.876. The number of H-pyrrole nitrogens is 1. The zero-order valence-corrected chi connectivity index (χ0v) is 10.8. The Morgan fingerprint density at radius 2 is 2.06 bits per heavy atom. The molecule has 4 nitrogen and oxygen atoms in total. The first kappa shape index (κ1) is 12.4. The Morgan fingerprint density at radius 1 is 1.28 bits per heavy atom. The largest absolute Gasteiger partial charge is 0.325 e. The quantitative estimate of drug-likeness (QED) is 0.871. The van der Waals surface area contributed by atoms with Crippen molar-refractivity contribution in [3.05, 3.63) is 51.9 Å². The van der Waals surface area contributed by atoms with E-state index in [1.54, 1.807) is 0 Å². The highest BCUT2D eigenvalue weighted by atomic mass is 16.1. The Labute approximate surface area is 106 Å². The number of para-hydroxylation sites is 1. The Balaban J connectivity index is 2.42. The van der Waals surface area contributed by atoms with Gasteiger partial charge in [0.1, 0.15) is 0 Å². The molecule has 0 aliphatic rings. The lowest BCUT2D eigenvalue weighted by molar-refractivity contribution is 0.866. The second kappa shape index (κ2) is 5.04. The summed E-state index contributed by atoms with van der Waals surface area (Å²) in [6.07, 6.45) is 1.49. The summed E-state index contributed by atoms with van der Waals surface area (Å²) in [4.78, 5) is 18.0. The van der Waals surface area contributed by atoms with E-state index < -0.39 is 0 Å². The molecular weight excluding hydrogens is 226 g/mol. The van der Waals surface area contributed by atoms with Gasteiger partial charge >= 0.3 is 0 Å². The zero-order valence-electron chi connectivity index (χ0n) is 10.8. The van der Waals surface area contributed by atoms with Crippen LogP contribution in [0.25, 0.3) is 0 Å². The summed E-state index contributed by atoms with van der Waals surface area (Å²) in [6, 6.07) is 7.56. The third kappa shape index (κ3) is 2.59. The molecule has 2 rings (SSSR count). The minimum Gasteiger partial charge on any atom is -0.325 e. The zero-order chi connectivity index (χ0) is 13.1. The van der Waals surface area contributed by atoms with Crippen LogP contribution >= 0.6 is 0 Å². The molecule has 0 unspecified atom stereocenters. The van der Waals surface area contributed by atoms with Crippen LogP contribution in [0.1, 0.15) is 30.9 Å². The predicted molar refractivity (Wildman–Crippen MR) is 73.4 cm³/mol. The van der Waals surface area contributed by atoms with Crippen molar-refractivity contribution in [2.24, 2.45) is 0 Å². The summed E-state index contributed by atoms with van der Waals surface area (Å²) in [5, 5.41) is 3.20. The molecule has 2 aromatic rings. The van der Waals surface area contributed by atoms with Gasteiger partial charge in [0, 0.05) is 18.0 Å². The van der Waals surface area contributed by atoms with Crippen LogP contribution in [0.3, 0.4) is 0 Å². The molecule has 0 amide bonds. The fourth-order valence-corrected chi connectivity index (χ4v) is 1.89. The average Bonchev–Trinajstić information content (AvgIpc) is 2.31. The maximum atomic E-state index is 11.2. The van der Waals surface area contributed by atoms with E-state index in [1.807, 2.05) is 19.1 Å². The van der Waals surface area contributed by atoms with Crippen LogP contribution in [0.15, 0.2) is 35.3 Å². The van der Waals surface area contributed by atoms with Crippen molar-refractivity contribution in [1.82, 2.24) is 9.97 Å². The van der Waals surface area contributed by atoms with Gasteiger partial charge in [-0.15, -0.1) is 0 Å². The molecule has 0 aliphatic carbocycles. The summed E-state index contributed by atoms with van der Waals surface area (Å²) in [5.41, 5.74) is 3.20. The highest BCUT2D eigenvalue weighted by molar-refractivity contribution is 5.63. The smallest absolute Gasteiger partial charge is 0.252 e. The van der Waals surface area contributed by atoms with Crippen LogP contribution in [0.2, 0.25) is 0 Å². The fourth-order valence-electron chi connectivity index (χ4n) is 1.89. The van der Waals surface area contributed by atoms with Crippen molar-refractivity contribution < 1.29 is 0 Å². The molecule has 0 spiro atoms. The first-order valence-electron chi connectivity index (χ1n) is 6.00. The second-order valence-corrected chi connectivity index (χ2v) is 4.60. The highest BCUT2D eigenvalue weighted by Gasteiger charge is 2.09. The van der Waals surface area contributed by atoms with Crippen LogP contribution in [0, 0.1) is 6.92 Å². The number of nitrogens with zero attached hydrogens (tertiary/aromatic N) is 1. The van der Waals surface area contributed by atoms with E-state index in [-0.39, 0.29) is 5.56 Å². The van der Waals surface area contributed by atoms with Crippen molar-refractivity contribution in [3.63, 3.8) is 0 Å². The van der Waals surface area contributed by atoms with Gasteiger partial charge in [-0.05, 0) is 24.0 Å². The van der Waals surface area contributed by atoms with Crippen molar-refractivity contribution in [2.45, 2.75) is 26.7 Å². The third-order valence-electron chi connectivity index (χ3n) is 2.84. The monoisotopic (exact) mass is 243 g/mol. The van der Waals surface area contributed by atoms with E-state index in [0.717, 1.165) is 11.3 Å². The number of hydrogen-bond donors (Lipinski definition) is 2. The molecule has 0 radical (unpaired) electrons. The number of benzene rings is 1. The lowest BCUT2D eigenvalue weighted by Crippen LogP contribution is -2.10. The van der Waals surface area contributed by atoms with Gasteiger partial charge < -0.3 is 5.32 Å². The van der Waals surface area contributed by atoms with Gasteiger partial charge in [0.05, 0.1) is 0 Å². The molecular formula is C14H17N3O. The normalized spacial score (nSPS) is 10.7. The fraction of sp³-hybridized carbons (Fsp3) is 0.286. The van der Waals surface area contributed by atoms with Gasteiger partial charge in [-0.2, -0.15) is 0 Å². The number of nitrogens with one attached hydrogen (secondary N) is 2. The molecule has 18 heavy (non-hydrogen) atoms. The van der Waals surface area contributed by atoms with E-state index in [4.69, 9.17) is 0 Å². The summed E-state index contributed by atoms with van der Waals surface area (Å²) in [7, 11) is 0. The Hall–Kier alpha value is -2.10. The molecule has 1 aromatic heterocycles. The summed E-state index contributed by atoms with van der Waals surface area (Å²) < 4.78 is 0. The number of rotatable bonds is 3. The van der Waals surface area contributed by atoms with E-state index in [9.17, 15) is 4.79 Å². The average molecular weight is 243 g/mol. The van der Waals surface area contributed by atoms with E-state index >= 15 is 0 Å². The molecule has 1 heterocycles. The van der Waals surface area contributed by atoms with Crippen LogP contribution in [-0.2, 0) is 0 Å². The van der Waals surface area contributed by atoms with Crippen molar-refractivity contribution in [2.75, 3.05) is 5.32 Å². The van der Waals surface area contributed by atoms with Crippen molar-refractivity contribution >= 4 is 11.6 Å². The topological polar surface area (TPSA) is 57.8 Å². The van der Waals surface area contributed by atoms with Gasteiger partial charge in [-0.1, -0.05) is 32.0 Å². The molecule has 0 saturated carbocycles. The molecule has 0 atom stereocenters. The van der Waals surface area contributed by atoms with Crippen LogP contribution in [0.4, 0.5) is 11.6 Å². The maximum Gasteiger partial charge on any atom is 0.252 e. The molecule has 2 N–H and O–H groups in total. The maximum absolute atomic E-state index is 11.2. The number of anilines is 2. The Bertz CT molecular complexity index is 602. The number of aromatic nitrogens is 2. The lowest BCUT2D eigenvalue weighted by Gasteiger charge is -2.16. The molecule has 94 valence electrons. The van der Waals surface area contributed by atoms with Gasteiger partial charge in [0.15, 0.2) is 0 Å². The molecule has 1 aromatic carbocycles. The molecule has 4 heteroatoms. The Morgan fingerprint density at radius 3 is 2.72 bits per heavy atom. The molecule has 0 bridgehead atoms. The van der Waals surface area contributed by atoms with Gasteiger partial charge in [0.25, 0.3) is 5.56 Å². The lowest BCUT2D eigenvalue weighted by atomic mass is 9.98. The van der Waals surface area contributed by atoms with E-state index in [2.05, 4.69) is 35.2 Å². The first-order valence-corrected chi connectivity index (χ1v) is 6.00. The van der Waals surface area contributed by atoms with Gasteiger partial charge in [-0.25, -0.2) is 4.98 Å². The van der Waals surface area contributed by atoms with E-state index in [1.165, 1.54) is 17.8 Å². The van der Waals surface area contributed by atoms with Gasteiger partial charge in [0.2, 0.25) is 5.95 Å². The third-order valence-corrected chi connectivity index (χ3v) is 2.84. The summed E-state index contributed by atoms with van der Waals surface area (Å²) in [6.45, 7) is 6.32. The van der Waals surface area contributed by atoms with Crippen molar-refractivity contribution in [3.8, 4) is 0 Å². The number of hydrogen-bond acceptors (Lipinski definition) is 3. The van der Waals surface area contributed by atoms with E-state index in [0.29, 0.717) is 11.9 Å². The Kier molecular flexibility index (Phi) is 3.46. The summed E-state index contributed by atoms with van der Waals surface area (Å²) >= 11 is 0. The number of aromatic amines is 1. The minimum absolute atomic E-state index is 0.160. The van der Waals surface area contributed by atoms with Crippen LogP contribution in [-0.4, -0.2) is 9.97 Å². The first-order chi connectivity index (χ1) is 8.58. The number of aryl methyl sites for hydroxylation is 1. The second-order valence-electron chi connectivity index (χ2n) is 4.60. The van der Waals surface area contributed by atoms with Gasteiger partial charge in [-0.3, -0.25) is 9.78 Å². The molecule has 0 saturated heterocycles. The molecule has 0 aliphatic heterocycles. The van der Waals surface area contributed by atoms with Crippen LogP contribution in [0.5, 0.6) is 0 Å². The van der Waals surface area contributed by atoms with Crippen LogP contribution < -0.4 is 10.9 Å². The molecule has 0 fully saturated rings.